The Hall–Kier alpha value is -1.61. The summed E-state index contributed by atoms with van der Waals surface area (Å²) in [6.07, 6.45) is 7.70. The van der Waals surface area contributed by atoms with Crippen LogP contribution in [0.3, 0.4) is 0 Å². The van der Waals surface area contributed by atoms with E-state index in [0.717, 1.165) is 43.4 Å². The van der Waals surface area contributed by atoms with Gasteiger partial charge in [0.05, 0.1) is 0 Å². The first-order valence-electron chi connectivity index (χ1n) is 7.48. The van der Waals surface area contributed by atoms with Crippen molar-refractivity contribution in [2.45, 2.75) is 45.6 Å². The van der Waals surface area contributed by atoms with Gasteiger partial charge in [0.25, 0.3) is 0 Å². The van der Waals surface area contributed by atoms with Crippen LogP contribution in [0.25, 0.3) is 6.08 Å². The molecule has 20 heavy (non-hydrogen) atoms. The molecule has 3 nitrogen and oxygen atoms in total. The molecule has 0 bridgehead atoms. The zero-order chi connectivity index (χ0) is 14.8. The van der Waals surface area contributed by atoms with Gasteiger partial charge in [0, 0.05) is 18.7 Å². The molecule has 1 atom stereocenters. The molecule has 0 radical (unpaired) electrons. The van der Waals surface area contributed by atoms with Crippen molar-refractivity contribution >= 4 is 12.0 Å². The van der Waals surface area contributed by atoms with Gasteiger partial charge in [-0.25, -0.2) is 0 Å². The number of hydrogen-bond acceptors (Lipinski definition) is 2. The third kappa shape index (κ3) is 6.02. The molecule has 0 aliphatic heterocycles. The van der Waals surface area contributed by atoms with Gasteiger partial charge in [-0.1, -0.05) is 51.0 Å². The molecule has 0 saturated heterocycles. The van der Waals surface area contributed by atoms with Crippen molar-refractivity contribution in [3.8, 4) is 0 Å². The summed E-state index contributed by atoms with van der Waals surface area (Å²) >= 11 is 0. The highest BCUT2D eigenvalue weighted by atomic mass is 16.1. The van der Waals surface area contributed by atoms with Gasteiger partial charge in [0.15, 0.2) is 0 Å². The number of carbonyl (C=O) groups is 1. The van der Waals surface area contributed by atoms with Gasteiger partial charge >= 0.3 is 0 Å². The predicted octanol–water partition coefficient (Wildman–Crippen LogP) is 3.42. The fourth-order valence-corrected chi connectivity index (χ4v) is 1.91. The summed E-state index contributed by atoms with van der Waals surface area (Å²) in [5.41, 5.74) is 8.11. The highest BCUT2D eigenvalue weighted by Gasteiger charge is 2.01. The zero-order valence-electron chi connectivity index (χ0n) is 12.6. The van der Waals surface area contributed by atoms with Crippen LogP contribution >= 0.6 is 0 Å². The molecule has 0 aliphatic carbocycles. The Morgan fingerprint density at radius 3 is 2.55 bits per heavy atom. The van der Waals surface area contributed by atoms with Crippen molar-refractivity contribution in [1.29, 1.82) is 0 Å². The van der Waals surface area contributed by atoms with E-state index in [2.05, 4.69) is 19.2 Å². The molecule has 0 heterocycles. The number of rotatable bonds is 8. The molecular formula is C17H26N2O. The smallest absolute Gasteiger partial charge is 0.243 e. The monoisotopic (exact) mass is 274 g/mol. The maximum Gasteiger partial charge on any atom is 0.243 e. The molecule has 3 heteroatoms. The van der Waals surface area contributed by atoms with Gasteiger partial charge in [0.1, 0.15) is 0 Å². The van der Waals surface area contributed by atoms with Crippen molar-refractivity contribution in [3.05, 3.63) is 41.5 Å². The van der Waals surface area contributed by atoms with Crippen LogP contribution in [-0.2, 0) is 4.79 Å². The number of benzene rings is 1. The van der Waals surface area contributed by atoms with Gasteiger partial charge < -0.3 is 11.1 Å². The lowest BCUT2D eigenvalue weighted by Gasteiger charge is -2.08. The Kier molecular flexibility index (Phi) is 7.66. The van der Waals surface area contributed by atoms with Crippen LogP contribution < -0.4 is 11.1 Å². The summed E-state index contributed by atoms with van der Waals surface area (Å²) in [4.78, 5) is 11.6. The average Bonchev–Trinajstić information content (AvgIpc) is 2.49. The Balaban J connectivity index is 2.43. The average molecular weight is 274 g/mol. The molecule has 0 aromatic heterocycles. The summed E-state index contributed by atoms with van der Waals surface area (Å²) in [5, 5.41) is 2.88. The van der Waals surface area contributed by atoms with Crippen LogP contribution in [0.4, 0.5) is 0 Å². The van der Waals surface area contributed by atoms with Crippen LogP contribution in [-0.4, -0.2) is 12.5 Å². The van der Waals surface area contributed by atoms with Crippen molar-refractivity contribution < 1.29 is 4.79 Å². The second-order valence-corrected chi connectivity index (χ2v) is 5.01. The number of amides is 1. The third-order valence-corrected chi connectivity index (χ3v) is 3.31. The molecule has 0 saturated carbocycles. The van der Waals surface area contributed by atoms with Crippen LogP contribution in [0.5, 0.6) is 0 Å². The number of unbranched alkanes of at least 4 members (excludes halogenated alkanes) is 2. The fraction of sp³-hybridized carbons (Fsp3) is 0.471. The largest absolute Gasteiger partial charge is 0.353 e. The van der Waals surface area contributed by atoms with E-state index in [1.165, 1.54) is 0 Å². The topological polar surface area (TPSA) is 55.1 Å². The number of hydrogen-bond donors (Lipinski definition) is 2. The minimum Gasteiger partial charge on any atom is -0.353 e. The van der Waals surface area contributed by atoms with E-state index in [9.17, 15) is 4.79 Å². The Labute approximate surface area is 122 Å². The summed E-state index contributed by atoms with van der Waals surface area (Å²) in [6, 6.07) is 8.12. The van der Waals surface area contributed by atoms with E-state index in [0.29, 0.717) is 0 Å². The Bertz CT molecular complexity index is 423. The normalized spacial score (nSPS) is 12.6. The third-order valence-electron chi connectivity index (χ3n) is 3.31. The lowest BCUT2D eigenvalue weighted by molar-refractivity contribution is -0.116. The van der Waals surface area contributed by atoms with Gasteiger partial charge in [0.2, 0.25) is 5.91 Å². The maximum atomic E-state index is 11.6. The highest BCUT2D eigenvalue weighted by Crippen LogP contribution is 2.14. The van der Waals surface area contributed by atoms with Crippen LogP contribution in [0.1, 0.15) is 56.7 Å². The lowest BCUT2D eigenvalue weighted by atomic mass is 10.0. The summed E-state index contributed by atoms with van der Waals surface area (Å²) < 4.78 is 0. The molecule has 110 valence electrons. The SMILES string of the molecule is CCCCCNC(=O)/C=C/c1ccc(C(N)CC)cc1. The van der Waals surface area contributed by atoms with Crippen molar-refractivity contribution in [1.82, 2.24) is 5.32 Å². The molecule has 3 N–H and O–H groups in total. The quantitative estimate of drug-likeness (QED) is 0.564. The number of nitrogens with one attached hydrogen (secondary N) is 1. The van der Waals surface area contributed by atoms with Crippen molar-refractivity contribution in [3.63, 3.8) is 0 Å². The predicted molar refractivity (Wildman–Crippen MR) is 85.2 cm³/mol. The minimum atomic E-state index is -0.0320. The van der Waals surface area contributed by atoms with Gasteiger partial charge in [-0.3, -0.25) is 4.79 Å². The Morgan fingerprint density at radius 2 is 1.95 bits per heavy atom. The van der Waals surface area contributed by atoms with E-state index >= 15 is 0 Å². The second-order valence-electron chi connectivity index (χ2n) is 5.01. The molecule has 0 fully saturated rings. The fourth-order valence-electron chi connectivity index (χ4n) is 1.91. The first kappa shape index (κ1) is 16.4. The molecule has 1 unspecified atom stereocenters. The van der Waals surface area contributed by atoms with Crippen LogP contribution in [0.15, 0.2) is 30.3 Å². The molecule has 1 amide bonds. The van der Waals surface area contributed by atoms with E-state index in [1.807, 2.05) is 30.3 Å². The van der Waals surface area contributed by atoms with Gasteiger partial charge in [-0.2, -0.15) is 0 Å². The first-order chi connectivity index (χ1) is 9.67. The van der Waals surface area contributed by atoms with E-state index in [4.69, 9.17) is 5.73 Å². The first-order valence-corrected chi connectivity index (χ1v) is 7.48. The van der Waals surface area contributed by atoms with E-state index < -0.39 is 0 Å². The Morgan fingerprint density at radius 1 is 1.25 bits per heavy atom. The van der Waals surface area contributed by atoms with Crippen molar-refractivity contribution in [2.24, 2.45) is 5.73 Å². The van der Waals surface area contributed by atoms with Gasteiger partial charge in [-0.15, -0.1) is 0 Å². The van der Waals surface area contributed by atoms with Crippen LogP contribution in [0, 0.1) is 0 Å². The number of nitrogens with two attached hydrogens (primary N) is 1. The molecule has 1 aromatic carbocycles. The minimum absolute atomic E-state index is 0.0320. The molecule has 1 rings (SSSR count). The summed E-state index contributed by atoms with van der Waals surface area (Å²) in [7, 11) is 0. The zero-order valence-corrected chi connectivity index (χ0v) is 12.6. The van der Waals surface area contributed by atoms with Gasteiger partial charge in [-0.05, 0) is 30.0 Å². The standard InChI is InChI=1S/C17H26N2O/c1-3-5-6-13-19-17(20)12-9-14-7-10-15(11-8-14)16(18)4-2/h7-12,16H,3-6,13,18H2,1-2H3,(H,19,20)/b12-9+. The maximum absolute atomic E-state index is 11.6. The second kappa shape index (κ2) is 9.32. The van der Waals surface area contributed by atoms with Crippen molar-refractivity contribution in [2.75, 3.05) is 6.54 Å². The summed E-state index contributed by atoms with van der Waals surface area (Å²) in [5.74, 6) is -0.0320. The molecule has 0 aliphatic rings. The summed E-state index contributed by atoms with van der Waals surface area (Å²) in [6.45, 7) is 4.97. The van der Waals surface area contributed by atoms with E-state index in [1.54, 1.807) is 6.08 Å². The molecule has 1 aromatic rings. The number of carbonyl (C=O) groups excluding carboxylic acids is 1. The molecular weight excluding hydrogens is 248 g/mol. The highest BCUT2D eigenvalue weighted by molar-refractivity contribution is 5.91. The van der Waals surface area contributed by atoms with E-state index in [-0.39, 0.29) is 11.9 Å². The molecule has 0 spiro atoms. The lowest BCUT2D eigenvalue weighted by Crippen LogP contribution is -2.21. The van der Waals surface area contributed by atoms with Crippen LogP contribution in [0.2, 0.25) is 0 Å².